The summed E-state index contributed by atoms with van der Waals surface area (Å²) in [7, 11) is 1.43. The molecule has 0 atom stereocenters. The largest absolute Gasteiger partial charge is 0.478 e. The lowest BCUT2D eigenvalue weighted by atomic mass is 10.1. The fourth-order valence-electron chi connectivity index (χ4n) is 1.17. The zero-order chi connectivity index (χ0) is 11.6. The van der Waals surface area contributed by atoms with Crippen molar-refractivity contribution in [3.05, 3.63) is 32.3 Å². The van der Waals surface area contributed by atoms with E-state index in [1.54, 1.807) is 0 Å². The summed E-state index contributed by atoms with van der Waals surface area (Å²) >= 11 is 3.02. The summed E-state index contributed by atoms with van der Waals surface area (Å²) < 4.78 is 0.352. The summed E-state index contributed by atoms with van der Waals surface area (Å²) in [5.41, 5.74) is -0.418. The molecule has 1 aromatic rings. The van der Waals surface area contributed by atoms with Crippen molar-refractivity contribution in [3.63, 3.8) is 0 Å². The van der Waals surface area contributed by atoms with Gasteiger partial charge in [-0.1, -0.05) is 15.9 Å². The van der Waals surface area contributed by atoms with Gasteiger partial charge in [-0.3, -0.25) is 10.1 Å². The number of carboxylic acids is 1. The molecule has 0 fully saturated rings. The van der Waals surface area contributed by atoms with Gasteiger partial charge in [0.05, 0.1) is 10.5 Å². The molecule has 6 nitrogen and oxygen atoms in total. The fourth-order valence-corrected chi connectivity index (χ4v) is 1.61. The maximum atomic E-state index is 10.8. The topological polar surface area (TPSA) is 92.5 Å². The van der Waals surface area contributed by atoms with Gasteiger partial charge in [-0.15, -0.1) is 0 Å². The Bertz CT molecular complexity index is 398. The molecular formula is C8H7BrN2O4. The van der Waals surface area contributed by atoms with Crippen molar-refractivity contribution in [1.29, 1.82) is 0 Å². The van der Waals surface area contributed by atoms with Crippen LogP contribution in [0.2, 0.25) is 0 Å². The molecule has 0 unspecified atom stereocenters. The Kier molecular flexibility index (Phi) is 3.25. The second-order valence-electron chi connectivity index (χ2n) is 2.66. The van der Waals surface area contributed by atoms with Crippen LogP contribution in [0.25, 0.3) is 0 Å². The van der Waals surface area contributed by atoms with Gasteiger partial charge in [0, 0.05) is 17.6 Å². The number of anilines is 1. The van der Waals surface area contributed by atoms with Gasteiger partial charge in [0.15, 0.2) is 0 Å². The first kappa shape index (κ1) is 11.4. The molecular weight excluding hydrogens is 268 g/mol. The maximum Gasteiger partial charge on any atom is 0.338 e. The molecule has 0 aromatic heterocycles. The van der Waals surface area contributed by atoms with Crippen molar-refractivity contribution >= 4 is 33.3 Å². The predicted octanol–water partition coefficient (Wildman–Crippen LogP) is 2.10. The Labute approximate surface area is 93.2 Å². The predicted molar refractivity (Wildman–Crippen MR) is 57.3 cm³/mol. The molecule has 0 radical (unpaired) electrons. The first-order chi connectivity index (χ1) is 6.97. The van der Waals surface area contributed by atoms with Crippen molar-refractivity contribution in [2.45, 2.75) is 0 Å². The lowest BCUT2D eigenvalue weighted by Gasteiger charge is -2.06. The number of aromatic carboxylic acids is 1. The average molecular weight is 275 g/mol. The van der Waals surface area contributed by atoms with Gasteiger partial charge in [-0.25, -0.2) is 4.79 Å². The van der Waals surface area contributed by atoms with Crippen LogP contribution in [0.4, 0.5) is 11.4 Å². The summed E-state index contributed by atoms with van der Waals surface area (Å²) in [6.07, 6.45) is 0. The van der Waals surface area contributed by atoms with Crippen LogP contribution in [-0.2, 0) is 0 Å². The maximum absolute atomic E-state index is 10.8. The number of hydrogen-bond donors (Lipinski definition) is 2. The average Bonchev–Trinajstić information content (AvgIpc) is 2.16. The molecule has 0 heterocycles. The van der Waals surface area contributed by atoms with Crippen LogP contribution in [0.1, 0.15) is 10.4 Å². The molecule has 2 N–H and O–H groups in total. The highest BCUT2D eigenvalue weighted by Crippen LogP contribution is 2.31. The molecule has 0 bridgehead atoms. The van der Waals surface area contributed by atoms with Crippen LogP contribution in [0.3, 0.4) is 0 Å². The van der Waals surface area contributed by atoms with E-state index in [0.717, 1.165) is 0 Å². The third-order valence-electron chi connectivity index (χ3n) is 1.76. The third kappa shape index (κ3) is 2.24. The Hall–Kier alpha value is -1.63. The van der Waals surface area contributed by atoms with E-state index in [0.29, 0.717) is 4.47 Å². The fraction of sp³-hybridized carbons (Fsp3) is 0.125. The first-order valence-corrected chi connectivity index (χ1v) is 4.65. The highest BCUT2D eigenvalue weighted by atomic mass is 79.9. The molecule has 0 amide bonds. The number of carboxylic acid groups (broad SMARTS) is 1. The van der Waals surface area contributed by atoms with E-state index in [-0.39, 0.29) is 16.9 Å². The monoisotopic (exact) mass is 274 g/mol. The third-order valence-corrected chi connectivity index (χ3v) is 2.22. The van der Waals surface area contributed by atoms with Crippen LogP contribution in [-0.4, -0.2) is 23.0 Å². The molecule has 1 aromatic carbocycles. The van der Waals surface area contributed by atoms with Crippen LogP contribution in [0.15, 0.2) is 16.6 Å². The lowest BCUT2D eigenvalue weighted by Crippen LogP contribution is -2.06. The van der Waals surface area contributed by atoms with Gasteiger partial charge in [0.1, 0.15) is 5.69 Å². The zero-order valence-corrected chi connectivity index (χ0v) is 9.24. The van der Waals surface area contributed by atoms with E-state index in [1.807, 2.05) is 0 Å². The number of nitrogens with one attached hydrogen (secondary N) is 1. The molecule has 0 saturated heterocycles. The zero-order valence-electron chi connectivity index (χ0n) is 7.65. The van der Waals surface area contributed by atoms with Gasteiger partial charge in [0.2, 0.25) is 0 Å². The normalized spacial score (nSPS) is 9.73. The first-order valence-electron chi connectivity index (χ1n) is 3.86. The molecule has 80 valence electrons. The quantitative estimate of drug-likeness (QED) is 0.650. The van der Waals surface area contributed by atoms with Gasteiger partial charge in [-0.05, 0) is 6.07 Å². The van der Waals surface area contributed by atoms with Crippen LogP contribution < -0.4 is 5.32 Å². The Morgan fingerprint density at radius 2 is 2.20 bits per heavy atom. The number of nitro groups is 1. The van der Waals surface area contributed by atoms with E-state index in [2.05, 4.69) is 21.2 Å². The SMILES string of the molecule is CNc1c(C(=O)O)cc(Br)cc1[N+](=O)[O-]. The number of rotatable bonds is 3. The van der Waals surface area contributed by atoms with Crippen LogP contribution in [0, 0.1) is 10.1 Å². The van der Waals surface area contributed by atoms with Crippen molar-refractivity contribution in [2.75, 3.05) is 12.4 Å². The number of halogens is 1. The van der Waals surface area contributed by atoms with E-state index >= 15 is 0 Å². The minimum atomic E-state index is -1.22. The van der Waals surface area contributed by atoms with Crippen LogP contribution >= 0.6 is 15.9 Å². The van der Waals surface area contributed by atoms with Gasteiger partial charge >= 0.3 is 5.97 Å². The molecule has 0 spiro atoms. The molecule has 0 aliphatic rings. The molecule has 0 aliphatic heterocycles. The summed E-state index contributed by atoms with van der Waals surface area (Å²) in [6.45, 7) is 0. The van der Waals surface area contributed by atoms with Crippen molar-refractivity contribution in [2.24, 2.45) is 0 Å². The van der Waals surface area contributed by atoms with E-state index in [1.165, 1.54) is 19.2 Å². The number of carbonyl (C=O) groups is 1. The Morgan fingerprint density at radius 3 is 2.60 bits per heavy atom. The standard InChI is InChI=1S/C8H7BrN2O4/c1-10-7-5(8(12)13)2-4(9)3-6(7)11(14)15/h2-3,10H,1H3,(H,12,13). The van der Waals surface area contributed by atoms with Crippen molar-refractivity contribution in [1.82, 2.24) is 0 Å². The highest BCUT2D eigenvalue weighted by molar-refractivity contribution is 9.10. The second kappa shape index (κ2) is 4.26. The smallest absolute Gasteiger partial charge is 0.338 e. The number of hydrogen-bond acceptors (Lipinski definition) is 4. The van der Waals surface area contributed by atoms with E-state index in [9.17, 15) is 14.9 Å². The number of benzene rings is 1. The van der Waals surface area contributed by atoms with Gasteiger partial charge in [0.25, 0.3) is 5.69 Å². The molecule has 7 heteroatoms. The van der Waals surface area contributed by atoms with E-state index in [4.69, 9.17) is 5.11 Å². The summed E-state index contributed by atoms with van der Waals surface area (Å²) in [6, 6.07) is 2.55. The van der Waals surface area contributed by atoms with Crippen molar-refractivity contribution < 1.29 is 14.8 Å². The van der Waals surface area contributed by atoms with Gasteiger partial charge < -0.3 is 10.4 Å². The van der Waals surface area contributed by atoms with E-state index < -0.39 is 10.9 Å². The molecule has 0 saturated carbocycles. The minimum absolute atomic E-state index is 0.00398. The number of nitro benzene ring substituents is 1. The van der Waals surface area contributed by atoms with Crippen LogP contribution in [0.5, 0.6) is 0 Å². The number of nitrogens with zero attached hydrogens (tertiary/aromatic N) is 1. The summed E-state index contributed by atoms with van der Waals surface area (Å²) in [5.74, 6) is -1.22. The second-order valence-corrected chi connectivity index (χ2v) is 3.58. The lowest BCUT2D eigenvalue weighted by molar-refractivity contribution is -0.384. The van der Waals surface area contributed by atoms with Gasteiger partial charge in [-0.2, -0.15) is 0 Å². The molecule has 15 heavy (non-hydrogen) atoms. The molecule has 1 rings (SSSR count). The van der Waals surface area contributed by atoms with Crippen molar-refractivity contribution in [3.8, 4) is 0 Å². The minimum Gasteiger partial charge on any atom is -0.478 e. The Morgan fingerprint density at radius 1 is 1.60 bits per heavy atom. The molecule has 0 aliphatic carbocycles. The summed E-state index contributed by atoms with van der Waals surface area (Å²) in [5, 5.41) is 22.0. The summed E-state index contributed by atoms with van der Waals surface area (Å²) in [4.78, 5) is 20.8. The Balaban J connectivity index is 3.52. The highest BCUT2D eigenvalue weighted by Gasteiger charge is 2.21.